The maximum Gasteiger partial charge on any atom is 0.222 e. The number of amides is 1. The second-order valence-corrected chi connectivity index (χ2v) is 5.14. The van der Waals surface area contributed by atoms with Crippen LogP contribution in [0.1, 0.15) is 58.3 Å². The van der Waals surface area contributed by atoms with E-state index in [1.54, 1.807) is 0 Å². The van der Waals surface area contributed by atoms with Crippen molar-refractivity contribution >= 4 is 5.91 Å². The van der Waals surface area contributed by atoms with E-state index < -0.39 is 0 Å². The van der Waals surface area contributed by atoms with Crippen LogP contribution < -0.4 is 0 Å². The molecule has 0 unspecified atom stereocenters. The van der Waals surface area contributed by atoms with Crippen LogP contribution in [0.15, 0.2) is 0 Å². The van der Waals surface area contributed by atoms with E-state index in [1.807, 2.05) is 11.9 Å². The first-order valence-electron chi connectivity index (χ1n) is 6.81. The minimum Gasteiger partial charge on any atom is -0.343 e. The average molecular weight is 236 g/mol. The summed E-state index contributed by atoms with van der Waals surface area (Å²) < 4.78 is 0. The van der Waals surface area contributed by atoms with Crippen molar-refractivity contribution in [3.05, 3.63) is 0 Å². The average Bonchev–Trinajstić information content (AvgIpc) is 2.36. The van der Waals surface area contributed by atoms with Crippen LogP contribution in [0.4, 0.5) is 0 Å². The summed E-state index contributed by atoms with van der Waals surface area (Å²) in [6.45, 7) is 2.11. The molecule has 1 aliphatic carbocycles. The molecule has 1 rings (SSSR count). The molecule has 17 heavy (non-hydrogen) atoms. The molecule has 0 bridgehead atoms. The Labute approximate surface area is 105 Å². The monoisotopic (exact) mass is 236 g/mol. The number of nitriles is 1. The first kappa shape index (κ1) is 14.0. The minimum absolute atomic E-state index is 0.288. The molecule has 1 saturated carbocycles. The molecule has 3 nitrogen and oxygen atoms in total. The number of carbonyl (C=O) groups is 1. The third-order valence-electron chi connectivity index (χ3n) is 3.88. The predicted molar refractivity (Wildman–Crippen MR) is 68.3 cm³/mol. The zero-order chi connectivity index (χ0) is 12.7. The maximum absolute atomic E-state index is 11.9. The highest BCUT2D eigenvalue weighted by atomic mass is 16.2. The summed E-state index contributed by atoms with van der Waals surface area (Å²) in [5.41, 5.74) is 0. The minimum atomic E-state index is 0.288. The summed E-state index contributed by atoms with van der Waals surface area (Å²) >= 11 is 0. The topological polar surface area (TPSA) is 44.1 Å². The Hall–Kier alpha value is -1.04. The van der Waals surface area contributed by atoms with E-state index in [2.05, 4.69) is 13.0 Å². The maximum atomic E-state index is 11.9. The predicted octanol–water partition coefficient (Wildman–Crippen LogP) is 3.11. The van der Waals surface area contributed by atoms with E-state index in [4.69, 9.17) is 5.26 Å². The van der Waals surface area contributed by atoms with Gasteiger partial charge in [-0.05, 0) is 38.0 Å². The summed E-state index contributed by atoms with van der Waals surface area (Å²) in [6, 6.07) is 2.66. The third-order valence-corrected chi connectivity index (χ3v) is 3.88. The molecule has 0 N–H and O–H groups in total. The molecule has 0 radical (unpaired) electrons. The van der Waals surface area contributed by atoms with Crippen LogP contribution in [0.5, 0.6) is 0 Å². The Bertz CT molecular complexity index is 274. The molecule has 0 atom stereocenters. The van der Waals surface area contributed by atoms with Crippen molar-refractivity contribution in [3.63, 3.8) is 0 Å². The molecule has 0 aliphatic heterocycles. The van der Waals surface area contributed by atoms with Gasteiger partial charge in [-0.25, -0.2) is 0 Å². The fraction of sp³-hybridized carbons (Fsp3) is 0.857. The summed E-state index contributed by atoms with van der Waals surface area (Å²) in [7, 11) is 1.94. The second-order valence-electron chi connectivity index (χ2n) is 5.14. The summed E-state index contributed by atoms with van der Waals surface area (Å²) in [4.78, 5) is 13.8. The van der Waals surface area contributed by atoms with Gasteiger partial charge < -0.3 is 4.90 Å². The number of hydrogen-bond donors (Lipinski definition) is 0. The van der Waals surface area contributed by atoms with Gasteiger partial charge >= 0.3 is 0 Å². The number of rotatable bonds is 5. The van der Waals surface area contributed by atoms with Crippen LogP contribution in [0.2, 0.25) is 0 Å². The van der Waals surface area contributed by atoms with Crippen molar-refractivity contribution < 1.29 is 4.79 Å². The fourth-order valence-electron chi connectivity index (χ4n) is 2.57. The summed E-state index contributed by atoms with van der Waals surface area (Å²) in [6.07, 6.45) is 7.78. The first-order valence-corrected chi connectivity index (χ1v) is 6.81. The van der Waals surface area contributed by atoms with E-state index >= 15 is 0 Å². The van der Waals surface area contributed by atoms with Gasteiger partial charge in [-0.15, -0.1) is 0 Å². The molecule has 1 amide bonds. The van der Waals surface area contributed by atoms with Gasteiger partial charge in [0.25, 0.3) is 0 Å². The Morgan fingerprint density at radius 3 is 2.53 bits per heavy atom. The van der Waals surface area contributed by atoms with E-state index in [9.17, 15) is 4.79 Å². The van der Waals surface area contributed by atoms with E-state index in [0.717, 1.165) is 38.5 Å². The van der Waals surface area contributed by atoms with Crippen LogP contribution in [0.25, 0.3) is 0 Å². The van der Waals surface area contributed by atoms with Crippen LogP contribution in [-0.2, 0) is 4.79 Å². The van der Waals surface area contributed by atoms with E-state index in [1.165, 1.54) is 0 Å². The van der Waals surface area contributed by atoms with Crippen molar-refractivity contribution in [3.8, 4) is 6.07 Å². The number of nitrogens with zero attached hydrogens (tertiary/aromatic N) is 2. The molecule has 0 aromatic rings. The highest BCUT2D eigenvalue weighted by molar-refractivity contribution is 5.76. The SMILES string of the molecule is CCCCC(=O)N(C)C1CCC(CC#N)CC1. The van der Waals surface area contributed by atoms with Crippen molar-refractivity contribution in [1.82, 2.24) is 4.90 Å². The highest BCUT2D eigenvalue weighted by Gasteiger charge is 2.25. The molecule has 0 aromatic carbocycles. The van der Waals surface area contributed by atoms with Gasteiger partial charge in [0, 0.05) is 25.9 Å². The van der Waals surface area contributed by atoms with Crippen molar-refractivity contribution in [2.24, 2.45) is 5.92 Å². The van der Waals surface area contributed by atoms with Gasteiger partial charge in [0.05, 0.1) is 6.07 Å². The van der Waals surface area contributed by atoms with Crippen LogP contribution in [0.3, 0.4) is 0 Å². The lowest BCUT2D eigenvalue weighted by Gasteiger charge is -2.34. The van der Waals surface area contributed by atoms with Gasteiger partial charge in [-0.2, -0.15) is 5.26 Å². The smallest absolute Gasteiger partial charge is 0.222 e. The van der Waals surface area contributed by atoms with Gasteiger partial charge in [0.2, 0.25) is 5.91 Å². The number of carbonyl (C=O) groups excluding carboxylic acids is 1. The van der Waals surface area contributed by atoms with Crippen LogP contribution in [-0.4, -0.2) is 23.9 Å². The zero-order valence-corrected chi connectivity index (χ0v) is 11.1. The van der Waals surface area contributed by atoms with Crippen LogP contribution >= 0.6 is 0 Å². The van der Waals surface area contributed by atoms with Crippen molar-refractivity contribution in [1.29, 1.82) is 5.26 Å². The zero-order valence-electron chi connectivity index (χ0n) is 11.1. The molecular formula is C14H24N2O. The van der Waals surface area contributed by atoms with Crippen LogP contribution in [0, 0.1) is 17.2 Å². The van der Waals surface area contributed by atoms with Crippen molar-refractivity contribution in [2.45, 2.75) is 64.3 Å². The van der Waals surface area contributed by atoms with Gasteiger partial charge in [-0.3, -0.25) is 4.79 Å². The van der Waals surface area contributed by atoms with Crippen molar-refractivity contribution in [2.75, 3.05) is 7.05 Å². The Balaban J connectivity index is 2.32. The molecule has 1 aliphatic rings. The molecule has 0 aromatic heterocycles. The fourth-order valence-corrected chi connectivity index (χ4v) is 2.57. The third kappa shape index (κ3) is 4.38. The van der Waals surface area contributed by atoms with Gasteiger partial charge in [0.15, 0.2) is 0 Å². The number of hydrogen-bond acceptors (Lipinski definition) is 2. The van der Waals surface area contributed by atoms with E-state index in [-0.39, 0.29) is 5.91 Å². The van der Waals surface area contributed by atoms with E-state index in [0.29, 0.717) is 24.8 Å². The Morgan fingerprint density at radius 1 is 1.35 bits per heavy atom. The lowest BCUT2D eigenvalue weighted by Crippen LogP contribution is -2.39. The van der Waals surface area contributed by atoms with Gasteiger partial charge in [-0.1, -0.05) is 13.3 Å². The molecule has 1 fully saturated rings. The number of unbranched alkanes of at least 4 members (excludes halogenated alkanes) is 1. The highest BCUT2D eigenvalue weighted by Crippen LogP contribution is 2.29. The molecule has 0 spiro atoms. The normalized spacial score (nSPS) is 24.1. The summed E-state index contributed by atoms with van der Waals surface area (Å²) in [5.74, 6) is 0.853. The Morgan fingerprint density at radius 2 is 2.00 bits per heavy atom. The first-order chi connectivity index (χ1) is 8.19. The molecular weight excluding hydrogens is 212 g/mol. The van der Waals surface area contributed by atoms with Gasteiger partial charge in [0.1, 0.15) is 0 Å². The second kappa shape index (κ2) is 7.32. The standard InChI is InChI=1S/C14H24N2O/c1-3-4-5-14(17)16(2)13-8-6-12(7-9-13)10-11-15/h12-13H,3-10H2,1-2H3. The largest absolute Gasteiger partial charge is 0.343 e. The molecule has 96 valence electrons. The Kier molecular flexibility index (Phi) is 6.04. The molecule has 0 heterocycles. The molecule has 3 heteroatoms. The lowest BCUT2D eigenvalue weighted by atomic mass is 9.84. The lowest BCUT2D eigenvalue weighted by molar-refractivity contribution is -0.132. The molecule has 0 saturated heterocycles. The summed E-state index contributed by atoms with van der Waals surface area (Å²) in [5, 5.41) is 8.66. The quantitative estimate of drug-likeness (QED) is 0.736.